The molecule has 2 amide bonds. The van der Waals surface area contributed by atoms with Crippen LogP contribution in [0.15, 0.2) is 54.7 Å². The molecule has 0 aliphatic carbocycles. The van der Waals surface area contributed by atoms with Crippen molar-refractivity contribution >= 4 is 22.5 Å². The molecule has 1 aromatic heterocycles. The molecule has 4 rings (SSSR count). The van der Waals surface area contributed by atoms with E-state index in [0.717, 1.165) is 6.42 Å². The number of ether oxygens (including phenoxy) is 1. The molecule has 0 saturated carbocycles. The molecule has 0 fully saturated rings. The third-order valence-corrected chi connectivity index (χ3v) is 4.92. The van der Waals surface area contributed by atoms with E-state index >= 15 is 0 Å². The number of nitrogens with zero attached hydrogens (tertiary/aromatic N) is 2. The Morgan fingerprint density at radius 3 is 2.88 bits per heavy atom. The Morgan fingerprint density at radius 1 is 1.19 bits per heavy atom. The van der Waals surface area contributed by atoms with Crippen LogP contribution in [-0.2, 0) is 13.0 Å². The number of urea groups is 1. The Balaban J connectivity index is 1.39. The van der Waals surface area contributed by atoms with Gasteiger partial charge < -0.3 is 9.64 Å². The van der Waals surface area contributed by atoms with Crippen molar-refractivity contribution in [2.45, 2.75) is 13.0 Å². The Bertz CT molecular complexity index is 944. The van der Waals surface area contributed by atoms with Gasteiger partial charge in [0.2, 0.25) is 5.06 Å². The van der Waals surface area contributed by atoms with E-state index in [1.54, 1.807) is 17.0 Å². The number of hydrogen-bond acceptors (Lipinski definition) is 4. The van der Waals surface area contributed by atoms with Crippen molar-refractivity contribution in [2.24, 2.45) is 0 Å². The Labute approximate surface area is 154 Å². The number of hydrogen-bond donors (Lipinski definition) is 1. The minimum Gasteiger partial charge on any atom is -0.445 e. The van der Waals surface area contributed by atoms with Gasteiger partial charge in [0.05, 0.1) is 6.20 Å². The zero-order chi connectivity index (χ0) is 17.9. The van der Waals surface area contributed by atoms with E-state index in [9.17, 15) is 9.18 Å². The molecule has 7 heteroatoms. The van der Waals surface area contributed by atoms with Gasteiger partial charge >= 0.3 is 6.03 Å². The number of carbonyl (C=O) groups is 1. The van der Waals surface area contributed by atoms with Gasteiger partial charge in [-0.1, -0.05) is 41.7 Å². The summed E-state index contributed by atoms with van der Waals surface area (Å²) >= 11 is 1.20. The number of aromatic nitrogens is 1. The summed E-state index contributed by atoms with van der Waals surface area (Å²) in [6.07, 6.45) is 2.35. The third kappa shape index (κ3) is 3.67. The first-order valence-corrected chi connectivity index (χ1v) is 9.01. The third-order valence-electron chi connectivity index (χ3n) is 4.13. The summed E-state index contributed by atoms with van der Waals surface area (Å²) in [7, 11) is 0. The fourth-order valence-corrected chi connectivity index (χ4v) is 3.53. The minimum absolute atomic E-state index is 0.189. The molecular formula is C19H16FN3O2S. The van der Waals surface area contributed by atoms with Crippen molar-refractivity contribution in [3.63, 3.8) is 0 Å². The van der Waals surface area contributed by atoms with Gasteiger partial charge in [0.1, 0.15) is 11.6 Å². The first kappa shape index (κ1) is 16.5. The molecule has 132 valence electrons. The molecule has 0 spiro atoms. The molecule has 3 aromatic rings. The predicted molar refractivity (Wildman–Crippen MR) is 98.2 cm³/mol. The van der Waals surface area contributed by atoms with E-state index < -0.39 is 0 Å². The van der Waals surface area contributed by atoms with E-state index in [1.165, 1.54) is 40.8 Å². The summed E-state index contributed by atoms with van der Waals surface area (Å²) in [5.41, 5.74) is 2.46. The van der Waals surface area contributed by atoms with Gasteiger partial charge in [-0.05, 0) is 29.7 Å². The van der Waals surface area contributed by atoms with Crippen LogP contribution in [0.3, 0.4) is 0 Å². The first-order valence-electron chi connectivity index (χ1n) is 8.19. The number of benzene rings is 2. The molecule has 0 saturated heterocycles. The highest BCUT2D eigenvalue weighted by atomic mass is 32.1. The highest BCUT2D eigenvalue weighted by molar-refractivity contribution is 7.17. The normalized spacial score (nSPS) is 13.2. The van der Waals surface area contributed by atoms with Crippen LogP contribution < -0.4 is 10.1 Å². The molecule has 2 aromatic carbocycles. The SMILES string of the molecule is O=C(Nc1ncc(Oc2cccc(F)c2)s1)N1CCc2ccccc2C1. The Kier molecular flexibility index (Phi) is 4.53. The molecule has 0 bridgehead atoms. The fourth-order valence-electron chi connectivity index (χ4n) is 2.85. The van der Waals surface area contributed by atoms with Gasteiger partial charge in [-0.15, -0.1) is 0 Å². The van der Waals surface area contributed by atoms with Crippen LogP contribution in [0, 0.1) is 5.82 Å². The lowest BCUT2D eigenvalue weighted by molar-refractivity contribution is 0.206. The maximum Gasteiger partial charge on any atom is 0.323 e. The second kappa shape index (κ2) is 7.13. The van der Waals surface area contributed by atoms with Crippen LogP contribution in [-0.4, -0.2) is 22.5 Å². The van der Waals surface area contributed by atoms with Crippen LogP contribution in [0.5, 0.6) is 10.8 Å². The van der Waals surface area contributed by atoms with Gasteiger partial charge in [-0.3, -0.25) is 5.32 Å². The van der Waals surface area contributed by atoms with Crippen LogP contribution in [0.25, 0.3) is 0 Å². The zero-order valence-corrected chi connectivity index (χ0v) is 14.6. The molecule has 0 atom stereocenters. The van der Waals surface area contributed by atoms with Gasteiger partial charge in [-0.25, -0.2) is 14.2 Å². The summed E-state index contributed by atoms with van der Waals surface area (Å²) in [6, 6.07) is 13.8. The number of anilines is 1. The summed E-state index contributed by atoms with van der Waals surface area (Å²) in [4.78, 5) is 18.4. The van der Waals surface area contributed by atoms with Gasteiger partial charge in [0.25, 0.3) is 0 Å². The lowest BCUT2D eigenvalue weighted by atomic mass is 10.0. The van der Waals surface area contributed by atoms with Crippen molar-refractivity contribution in [3.05, 3.63) is 71.7 Å². The van der Waals surface area contributed by atoms with Crippen LogP contribution in [0.1, 0.15) is 11.1 Å². The molecule has 2 heterocycles. The maximum atomic E-state index is 13.2. The number of thiazole rings is 1. The maximum absolute atomic E-state index is 13.2. The van der Waals surface area contributed by atoms with Crippen molar-refractivity contribution in [1.82, 2.24) is 9.88 Å². The first-order chi connectivity index (χ1) is 12.7. The van der Waals surface area contributed by atoms with Crippen molar-refractivity contribution < 1.29 is 13.9 Å². The summed E-state index contributed by atoms with van der Waals surface area (Å²) in [5.74, 6) is 0.0186. The quantitative estimate of drug-likeness (QED) is 0.730. The monoisotopic (exact) mass is 369 g/mol. The van der Waals surface area contributed by atoms with Gasteiger partial charge in [0.15, 0.2) is 5.13 Å². The minimum atomic E-state index is -0.370. The highest BCUT2D eigenvalue weighted by Gasteiger charge is 2.21. The van der Waals surface area contributed by atoms with Crippen LogP contribution in [0.2, 0.25) is 0 Å². The lowest BCUT2D eigenvalue weighted by Crippen LogP contribution is -2.38. The second-order valence-corrected chi connectivity index (χ2v) is 6.91. The topological polar surface area (TPSA) is 54.5 Å². The molecule has 26 heavy (non-hydrogen) atoms. The van der Waals surface area contributed by atoms with Gasteiger partial charge in [0, 0.05) is 19.2 Å². The van der Waals surface area contributed by atoms with E-state index in [0.29, 0.717) is 29.0 Å². The molecular weight excluding hydrogens is 353 g/mol. The fraction of sp³-hybridized carbons (Fsp3) is 0.158. The smallest absolute Gasteiger partial charge is 0.323 e. The number of amides is 2. The van der Waals surface area contributed by atoms with E-state index in [4.69, 9.17) is 4.74 Å². The summed E-state index contributed by atoms with van der Waals surface area (Å²) in [5, 5.41) is 3.73. The van der Waals surface area contributed by atoms with Crippen molar-refractivity contribution in [1.29, 1.82) is 0 Å². The van der Waals surface area contributed by atoms with E-state index in [-0.39, 0.29) is 11.8 Å². The summed E-state index contributed by atoms with van der Waals surface area (Å²) < 4.78 is 18.8. The number of carbonyl (C=O) groups excluding carboxylic acids is 1. The standard InChI is InChI=1S/C19H16FN3O2S/c20-15-6-3-7-16(10-15)25-17-11-21-18(26-17)22-19(24)23-9-8-13-4-1-2-5-14(13)12-23/h1-7,10-11H,8-9,12H2,(H,21,22,24). The Morgan fingerprint density at radius 2 is 2.04 bits per heavy atom. The average Bonchev–Trinajstić information content (AvgIpc) is 3.08. The summed E-state index contributed by atoms with van der Waals surface area (Å²) in [6.45, 7) is 1.25. The lowest BCUT2D eigenvalue weighted by Gasteiger charge is -2.28. The molecule has 0 unspecified atom stereocenters. The average molecular weight is 369 g/mol. The molecule has 1 aliphatic rings. The van der Waals surface area contributed by atoms with E-state index in [2.05, 4.69) is 16.4 Å². The number of fused-ring (bicyclic) bond motifs is 1. The van der Waals surface area contributed by atoms with Crippen molar-refractivity contribution in [3.8, 4) is 10.8 Å². The second-order valence-electron chi connectivity index (χ2n) is 5.91. The number of rotatable bonds is 3. The Hall–Kier alpha value is -2.93. The molecule has 1 aliphatic heterocycles. The predicted octanol–water partition coefficient (Wildman–Crippen LogP) is 4.66. The van der Waals surface area contributed by atoms with Crippen LogP contribution in [0.4, 0.5) is 14.3 Å². The number of nitrogens with one attached hydrogen (secondary N) is 1. The highest BCUT2D eigenvalue weighted by Crippen LogP contribution is 2.31. The number of halogens is 1. The molecule has 1 N–H and O–H groups in total. The molecule has 0 radical (unpaired) electrons. The largest absolute Gasteiger partial charge is 0.445 e. The van der Waals surface area contributed by atoms with E-state index in [1.807, 2.05) is 18.2 Å². The van der Waals surface area contributed by atoms with Gasteiger partial charge in [-0.2, -0.15) is 0 Å². The molecule has 5 nitrogen and oxygen atoms in total. The van der Waals surface area contributed by atoms with Crippen LogP contribution >= 0.6 is 11.3 Å². The zero-order valence-electron chi connectivity index (χ0n) is 13.8. The van der Waals surface area contributed by atoms with Crippen molar-refractivity contribution in [2.75, 3.05) is 11.9 Å².